The Balaban J connectivity index is 2.04. The van der Waals surface area contributed by atoms with Crippen molar-refractivity contribution in [2.24, 2.45) is 0 Å². The van der Waals surface area contributed by atoms with Crippen molar-refractivity contribution in [2.75, 3.05) is 26.2 Å². The van der Waals surface area contributed by atoms with Crippen molar-refractivity contribution in [1.29, 1.82) is 0 Å². The lowest BCUT2D eigenvalue weighted by Gasteiger charge is -2.28. The highest BCUT2D eigenvalue weighted by atomic mass is 16.5. The molecule has 1 aliphatic rings. The minimum Gasteiger partial charge on any atom is -0.507 e. The minimum absolute atomic E-state index is 0.00414. The molecule has 1 atom stereocenters. The van der Waals surface area contributed by atoms with Crippen molar-refractivity contribution >= 4 is 23.4 Å². The summed E-state index contributed by atoms with van der Waals surface area (Å²) in [6, 6.07) is 12.6. The number of hydrogen-bond donors (Lipinski definition) is 1. The zero-order valence-corrected chi connectivity index (χ0v) is 21.5. The highest BCUT2D eigenvalue weighted by molar-refractivity contribution is 6.46. The highest BCUT2D eigenvalue weighted by Crippen LogP contribution is 2.40. The van der Waals surface area contributed by atoms with Crippen LogP contribution in [0.25, 0.3) is 5.76 Å². The number of Topliss-reactive ketones (excluding diaryl/α,β-unsaturated/α-hetero) is 1. The van der Waals surface area contributed by atoms with E-state index in [-0.39, 0.29) is 17.4 Å². The van der Waals surface area contributed by atoms with E-state index in [1.54, 1.807) is 48.5 Å². The molecule has 8 heteroatoms. The molecule has 0 aliphatic carbocycles. The number of ether oxygens (including phenoxy) is 2. The molecule has 0 radical (unpaired) electrons. The molecule has 0 aromatic heterocycles. The van der Waals surface area contributed by atoms with Crippen molar-refractivity contribution in [2.45, 2.75) is 46.8 Å². The van der Waals surface area contributed by atoms with Crippen LogP contribution in [0.3, 0.4) is 0 Å². The fourth-order valence-corrected chi connectivity index (χ4v) is 4.25. The van der Waals surface area contributed by atoms with Gasteiger partial charge in [0.2, 0.25) is 0 Å². The van der Waals surface area contributed by atoms with Gasteiger partial charge in [-0.15, -0.1) is 0 Å². The molecule has 1 unspecified atom stereocenters. The second kappa shape index (κ2) is 11.9. The summed E-state index contributed by atoms with van der Waals surface area (Å²) in [6.07, 6.45) is -0.00414. The molecule has 8 nitrogen and oxygen atoms in total. The topological polar surface area (TPSA) is 96.4 Å². The Morgan fingerprint density at radius 2 is 1.58 bits per heavy atom. The number of esters is 1. The Labute approximate surface area is 212 Å². The Kier molecular flexibility index (Phi) is 8.88. The van der Waals surface area contributed by atoms with Crippen LogP contribution < -0.4 is 9.47 Å². The van der Waals surface area contributed by atoms with Crippen LogP contribution in [0.15, 0.2) is 54.1 Å². The number of carbonyl (C=O) groups is 3. The van der Waals surface area contributed by atoms with Crippen LogP contribution in [0.4, 0.5) is 0 Å². The van der Waals surface area contributed by atoms with Crippen molar-refractivity contribution in [1.82, 2.24) is 9.80 Å². The largest absolute Gasteiger partial charge is 0.507 e. The van der Waals surface area contributed by atoms with Gasteiger partial charge in [-0.05, 0) is 68.9 Å². The smallest absolute Gasteiger partial charge is 0.308 e. The van der Waals surface area contributed by atoms with Crippen LogP contribution in [0.1, 0.15) is 51.8 Å². The van der Waals surface area contributed by atoms with E-state index >= 15 is 0 Å². The predicted octanol–water partition coefficient (Wildman–Crippen LogP) is 4.16. The normalized spacial score (nSPS) is 17.2. The summed E-state index contributed by atoms with van der Waals surface area (Å²) in [7, 11) is 0. The maximum absolute atomic E-state index is 13.2. The molecular formula is C28H34N2O6. The van der Waals surface area contributed by atoms with Gasteiger partial charge in [-0.2, -0.15) is 0 Å². The maximum Gasteiger partial charge on any atom is 0.308 e. The van der Waals surface area contributed by atoms with Gasteiger partial charge in [0, 0.05) is 25.6 Å². The van der Waals surface area contributed by atoms with Crippen molar-refractivity contribution in [3.63, 3.8) is 0 Å². The molecule has 0 saturated carbocycles. The van der Waals surface area contributed by atoms with E-state index in [9.17, 15) is 19.5 Å². The number of likely N-dealkylation sites (tertiary alicyclic amines) is 1. The van der Waals surface area contributed by atoms with Crippen molar-refractivity contribution < 1.29 is 29.0 Å². The quantitative estimate of drug-likeness (QED) is 0.174. The molecule has 1 heterocycles. The van der Waals surface area contributed by atoms with Crippen molar-refractivity contribution in [3.8, 4) is 11.5 Å². The number of rotatable bonds is 10. The standard InChI is InChI=1S/C28H34N2O6/c1-6-29(7-2)16-17-30-25(20-8-12-23(13-9-20)36-19(5)31)24(27(33)28(30)34)26(32)21-10-14-22(15-11-21)35-18(3)4/h8-15,18,25,32H,6-7,16-17H2,1-5H3/b26-24-. The fraction of sp³-hybridized carbons (Fsp3) is 0.393. The van der Waals surface area contributed by atoms with Gasteiger partial charge in [0.05, 0.1) is 17.7 Å². The zero-order chi connectivity index (χ0) is 26.4. The molecule has 1 N–H and O–H groups in total. The molecule has 0 bridgehead atoms. The van der Waals surface area contributed by atoms with E-state index < -0.39 is 23.7 Å². The lowest BCUT2D eigenvalue weighted by molar-refractivity contribution is -0.140. The molecule has 1 aliphatic heterocycles. The first kappa shape index (κ1) is 26.9. The summed E-state index contributed by atoms with van der Waals surface area (Å²) in [4.78, 5) is 41.3. The number of aliphatic hydroxyl groups excluding tert-OH is 1. The number of aliphatic hydroxyl groups is 1. The van der Waals surface area contributed by atoms with Crippen LogP contribution in [0, 0.1) is 0 Å². The van der Waals surface area contributed by atoms with Gasteiger partial charge < -0.3 is 24.4 Å². The van der Waals surface area contributed by atoms with Gasteiger partial charge in [0.1, 0.15) is 17.3 Å². The van der Waals surface area contributed by atoms with E-state index in [1.165, 1.54) is 11.8 Å². The van der Waals surface area contributed by atoms with E-state index in [1.807, 2.05) is 27.7 Å². The summed E-state index contributed by atoms with van der Waals surface area (Å²) in [5.41, 5.74) is 1.07. The van der Waals surface area contributed by atoms with Gasteiger partial charge in [0.15, 0.2) is 0 Å². The summed E-state index contributed by atoms with van der Waals surface area (Å²) in [5.74, 6) is -1.09. The summed E-state index contributed by atoms with van der Waals surface area (Å²) in [5, 5.41) is 11.2. The third kappa shape index (κ3) is 6.12. The highest BCUT2D eigenvalue weighted by Gasteiger charge is 2.46. The zero-order valence-electron chi connectivity index (χ0n) is 21.5. The Morgan fingerprint density at radius 1 is 1.00 bits per heavy atom. The number of hydrogen-bond acceptors (Lipinski definition) is 7. The van der Waals surface area contributed by atoms with Gasteiger partial charge in [-0.1, -0.05) is 26.0 Å². The van der Waals surface area contributed by atoms with Gasteiger partial charge in [0.25, 0.3) is 11.7 Å². The first-order valence-corrected chi connectivity index (χ1v) is 12.2. The average Bonchev–Trinajstić information content (AvgIpc) is 3.09. The van der Waals surface area contributed by atoms with Gasteiger partial charge in [-0.3, -0.25) is 14.4 Å². The molecular weight excluding hydrogens is 460 g/mol. The van der Waals surface area contributed by atoms with Crippen LogP contribution in [0.2, 0.25) is 0 Å². The molecule has 0 spiro atoms. The fourth-order valence-electron chi connectivity index (χ4n) is 4.25. The number of nitrogens with zero attached hydrogens (tertiary/aromatic N) is 2. The lowest BCUT2D eigenvalue weighted by atomic mass is 9.95. The number of ketones is 1. The lowest BCUT2D eigenvalue weighted by Crippen LogP contribution is -2.38. The number of amides is 1. The van der Waals surface area contributed by atoms with E-state index in [4.69, 9.17) is 9.47 Å². The summed E-state index contributed by atoms with van der Waals surface area (Å²) in [6.45, 7) is 11.8. The summed E-state index contributed by atoms with van der Waals surface area (Å²) < 4.78 is 10.8. The molecule has 2 aromatic carbocycles. The van der Waals surface area contributed by atoms with Crippen LogP contribution in [-0.4, -0.2) is 64.8 Å². The van der Waals surface area contributed by atoms with Gasteiger partial charge in [-0.25, -0.2) is 0 Å². The first-order valence-electron chi connectivity index (χ1n) is 12.2. The van der Waals surface area contributed by atoms with E-state index in [0.29, 0.717) is 35.7 Å². The maximum atomic E-state index is 13.2. The molecule has 3 rings (SSSR count). The first-order chi connectivity index (χ1) is 17.2. The molecule has 2 aromatic rings. The van der Waals surface area contributed by atoms with Crippen LogP contribution in [-0.2, 0) is 14.4 Å². The predicted molar refractivity (Wildman–Crippen MR) is 137 cm³/mol. The second-order valence-electron chi connectivity index (χ2n) is 8.87. The average molecular weight is 495 g/mol. The number of carbonyl (C=O) groups excluding carboxylic acids is 3. The van der Waals surface area contributed by atoms with Gasteiger partial charge >= 0.3 is 5.97 Å². The number of benzene rings is 2. The monoisotopic (exact) mass is 494 g/mol. The van der Waals surface area contributed by atoms with E-state index in [2.05, 4.69) is 4.90 Å². The molecule has 1 saturated heterocycles. The van der Waals surface area contributed by atoms with Crippen LogP contribution in [0.5, 0.6) is 11.5 Å². The van der Waals surface area contributed by atoms with E-state index in [0.717, 1.165) is 13.1 Å². The third-order valence-electron chi connectivity index (χ3n) is 6.05. The molecule has 1 amide bonds. The molecule has 36 heavy (non-hydrogen) atoms. The Bertz CT molecular complexity index is 1120. The second-order valence-corrected chi connectivity index (χ2v) is 8.87. The van der Waals surface area contributed by atoms with Crippen molar-refractivity contribution in [3.05, 3.63) is 65.2 Å². The summed E-state index contributed by atoms with van der Waals surface area (Å²) >= 11 is 0. The third-order valence-corrected chi connectivity index (χ3v) is 6.05. The molecule has 1 fully saturated rings. The Hall–Kier alpha value is -3.65. The molecule has 192 valence electrons. The minimum atomic E-state index is -0.779. The van der Waals surface area contributed by atoms with Crippen LogP contribution >= 0.6 is 0 Å². The number of likely N-dealkylation sites (N-methyl/N-ethyl adjacent to an activating group) is 1. The Morgan fingerprint density at radius 3 is 2.11 bits per heavy atom. The SMILES string of the molecule is CCN(CC)CCN1C(=O)C(=O)/C(=C(\O)c2ccc(OC(C)C)cc2)C1c1ccc(OC(C)=O)cc1.